The summed E-state index contributed by atoms with van der Waals surface area (Å²) in [4.78, 5) is 14.4. The van der Waals surface area contributed by atoms with Crippen molar-refractivity contribution >= 4 is 17.7 Å². The molecule has 3 heteroatoms. The van der Waals surface area contributed by atoms with Gasteiger partial charge in [-0.25, -0.2) is 0 Å². The van der Waals surface area contributed by atoms with Crippen molar-refractivity contribution in [3.8, 4) is 0 Å². The van der Waals surface area contributed by atoms with Crippen LogP contribution in [0, 0.1) is 11.8 Å². The van der Waals surface area contributed by atoms with E-state index in [4.69, 9.17) is 0 Å². The van der Waals surface area contributed by atoms with E-state index in [1.165, 1.54) is 11.3 Å². The van der Waals surface area contributed by atoms with Crippen molar-refractivity contribution in [1.29, 1.82) is 0 Å². The maximum atomic E-state index is 12.1. The first-order valence-electron chi connectivity index (χ1n) is 5.83. The lowest BCUT2D eigenvalue weighted by atomic mass is 10.1. The topological polar surface area (TPSA) is 29.1 Å². The third-order valence-corrected chi connectivity index (χ3v) is 4.65. The van der Waals surface area contributed by atoms with Crippen LogP contribution in [-0.2, 0) is 0 Å². The Bertz CT molecular complexity index is 588. The molecule has 2 aliphatic carbocycles. The molecule has 2 unspecified atom stereocenters. The average Bonchev–Trinajstić information content (AvgIpc) is 3.08. The Kier molecular flexibility index (Phi) is 1.83. The SMILES string of the molecule is O=C1NC2=CC3CC3C=C2Sc2ccccc21. The molecule has 0 radical (unpaired) electrons. The molecule has 3 aliphatic rings. The van der Waals surface area contributed by atoms with Crippen molar-refractivity contribution in [2.75, 3.05) is 0 Å². The quantitative estimate of drug-likeness (QED) is 0.756. The first-order valence-corrected chi connectivity index (χ1v) is 6.65. The zero-order valence-corrected chi connectivity index (χ0v) is 9.96. The number of hydrogen-bond acceptors (Lipinski definition) is 2. The first kappa shape index (κ1) is 9.54. The van der Waals surface area contributed by atoms with E-state index in [2.05, 4.69) is 17.5 Å². The molecule has 0 saturated heterocycles. The van der Waals surface area contributed by atoms with E-state index >= 15 is 0 Å². The predicted octanol–water partition coefficient (Wildman–Crippen LogP) is 2.94. The molecule has 84 valence electrons. The zero-order chi connectivity index (χ0) is 11.4. The maximum Gasteiger partial charge on any atom is 0.256 e. The van der Waals surface area contributed by atoms with E-state index in [9.17, 15) is 4.79 Å². The molecule has 1 aliphatic heterocycles. The maximum absolute atomic E-state index is 12.1. The summed E-state index contributed by atoms with van der Waals surface area (Å²) in [6.07, 6.45) is 5.77. The third kappa shape index (κ3) is 1.46. The number of carbonyl (C=O) groups is 1. The summed E-state index contributed by atoms with van der Waals surface area (Å²) >= 11 is 1.71. The van der Waals surface area contributed by atoms with Gasteiger partial charge in [-0.3, -0.25) is 4.79 Å². The van der Waals surface area contributed by atoms with Crippen molar-refractivity contribution in [2.45, 2.75) is 11.3 Å². The van der Waals surface area contributed by atoms with Gasteiger partial charge in [-0.2, -0.15) is 0 Å². The fraction of sp³-hybridized carbons (Fsp3) is 0.214. The Morgan fingerprint density at radius 2 is 2.00 bits per heavy atom. The fourth-order valence-electron chi connectivity index (χ4n) is 2.44. The summed E-state index contributed by atoms with van der Waals surface area (Å²) in [5.74, 6) is 1.39. The largest absolute Gasteiger partial charge is 0.321 e. The van der Waals surface area contributed by atoms with E-state index in [0.717, 1.165) is 16.2 Å². The van der Waals surface area contributed by atoms with Crippen LogP contribution in [0.4, 0.5) is 0 Å². The van der Waals surface area contributed by atoms with E-state index in [1.54, 1.807) is 11.8 Å². The average molecular weight is 241 g/mol. The number of allylic oxidation sites excluding steroid dienone is 2. The number of amides is 1. The lowest BCUT2D eigenvalue weighted by Crippen LogP contribution is -2.22. The molecule has 2 atom stereocenters. The van der Waals surface area contributed by atoms with Crippen LogP contribution in [0.2, 0.25) is 0 Å². The molecule has 17 heavy (non-hydrogen) atoms. The van der Waals surface area contributed by atoms with Gasteiger partial charge in [-0.1, -0.05) is 36.0 Å². The Balaban J connectivity index is 1.85. The van der Waals surface area contributed by atoms with Gasteiger partial charge in [0.25, 0.3) is 5.91 Å². The number of benzene rings is 1. The van der Waals surface area contributed by atoms with Crippen molar-refractivity contribution in [3.63, 3.8) is 0 Å². The molecule has 0 bridgehead atoms. The van der Waals surface area contributed by atoms with Gasteiger partial charge in [0.05, 0.1) is 11.3 Å². The molecule has 1 amide bonds. The molecule has 1 N–H and O–H groups in total. The molecule has 1 fully saturated rings. The van der Waals surface area contributed by atoms with Gasteiger partial charge < -0.3 is 5.32 Å². The lowest BCUT2D eigenvalue weighted by Gasteiger charge is -2.12. The van der Waals surface area contributed by atoms with E-state index in [0.29, 0.717) is 11.8 Å². The van der Waals surface area contributed by atoms with Crippen LogP contribution >= 0.6 is 11.8 Å². The second-order valence-electron chi connectivity index (χ2n) is 4.73. The van der Waals surface area contributed by atoms with Crippen LogP contribution in [0.25, 0.3) is 0 Å². The number of hydrogen-bond donors (Lipinski definition) is 1. The number of nitrogens with one attached hydrogen (secondary N) is 1. The van der Waals surface area contributed by atoms with E-state index in [1.807, 2.05) is 24.3 Å². The lowest BCUT2D eigenvalue weighted by molar-refractivity contribution is 0.0964. The standard InChI is InChI=1S/C14H11NOS/c16-14-10-3-1-2-4-12(10)17-13-7-9-5-8(9)6-11(13)15-14/h1-4,6-9H,5H2,(H,15,16). The second kappa shape index (κ2) is 3.26. The summed E-state index contributed by atoms with van der Waals surface area (Å²) in [6, 6.07) is 7.80. The van der Waals surface area contributed by atoms with Gasteiger partial charge in [-0.15, -0.1) is 0 Å². The third-order valence-electron chi connectivity index (χ3n) is 3.50. The monoisotopic (exact) mass is 241 g/mol. The van der Waals surface area contributed by atoms with Crippen LogP contribution in [0.1, 0.15) is 16.8 Å². The normalized spacial score (nSPS) is 28.8. The van der Waals surface area contributed by atoms with E-state index < -0.39 is 0 Å². The highest BCUT2D eigenvalue weighted by Gasteiger charge is 2.39. The van der Waals surface area contributed by atoms with Gasteiger partial charge in [0.15, 0.2) is 0 Å². The molecule has 4 rings (SSSR count). The Labute approximate surface area is 104 Å². The zero-order valence-electron chi connectivity index (χ0n) is 9.14. The molecule has 1 aromatic carbocycles. The van der Waals surface area contributed by atoms with Crippen molar-refractivity contribution in [3.05, 3.63) is 52.6 Å². The molecule has 2 nitrogen and oxygen atoms in total. The molecule has 0 spiro atoms. The van der Waals surface area contributed by atoms with Crippen LogP contribution in [0.5, 0.6) is 0 Å². The minimum atomic E-state index is 0.0156. The van der Waals surface area contributed by atoms with Gasteiger partial charge in [-0.05, 0) is 30.4 Å². The van der Waals surface area contributed by atoms with Gasteiger partial charge >= 0.3 is 0 Å². The Hall–Kier alpha value is -1.48. The van der Waals surface area contributed by atoms with Crippen molar-refractivity contribution in [2.24, 2.45) is 11.8 Å². The highest BCUT2D eigenvalue weighted by Crippen LogP contribution is 2.50. The Morgan fingerprint density at radius 3 is 2.94 bits per heavy atom. The highest BCUT2D eigenvalue weighted by molar-refractivity contribution is 8.03. The first-order chi connectivity index (χ1) is 8.31. The van der Waals surface area contributed by atoms with E-state index in [-0.39, 0.29) is 5.91 Å². The van der Waals surface area contributed by atoms with Crippen molar-refractivity contribution in [1.82, 2.24) is 5.32 Å². The molecule has 0 aromatic heterocycles. The molecule has 1 heterocycles. The van der Waals surface area contributed by atoms with Gasteiger partial charge in [0.1, 0.15) is 0 Å². The molecular formula is C14H11NOS. The minimum absolute atomic E-state index is 0.0156. The number of rotatable bonds is 0. The minimum Gasteiger partial charge on any atom is -0.321 e. The number of fused-ring (bicyclic) bond motifs is 3. The van der Waals surface area contributed by atoms with Crippen molar-refractivity contribution < 1.29 is 4.79 Å². The van der Waals surface area contributed by atoms with Crippen LogP contribution < -0.4 is 5.32 Å². The summed E-state index contributed by atoms with van der Waals surface area (Å²) < 4.78 is 0. The molecule has 1 saturated carbocycles. The smallest absolute Gasteiger partial charge is 0.256 e. The molecular weight excluding hydrogens is 230 g/mol. The summed E-state index contributed by atoms with van der Waals surface area (Å²) in [7, 11) is 0. The highest BCUT2D eigenvalue weighted by atomic mass is 32.2. The second-order valence-corrected chi connectivity index (χ2v) is 5.81. The summed E-state index contributed by atoms with van der Waals surface area (Å²) in [6.45, 7) is 0. The number of thioether (sulfide) groups is 1. The predicted molar refractivity (Wildman–Crippen MR) is 67.5 cm³/mol. The van der Waals surface area contributed by atoms with Gasteiger partial charge in [0.2, 0.25) is 0 Å². The molecule has 1 aromatic rings. The summed E-state index contributed by atoms with van der Waals surface area (Å²) in [5, 5.41) is 3.03. The van der Waals surface area contributed by atoms with Gasteiger partial charge in [0, 0.05) is 9.80 Å². The van der Waals surface area contributed by atoms with Crippen LogP contribution in [0.15, 0.2) is 51.9 Å². The Morgan fingerprint density at radius 1 is 1.18 bits per heavy atom. The summed E-state index contributed by atoms with van der Waals surface area (Å²) in [5.41, 5.74) is 1.79. The van der Waals surface area contributed by atoms with Crippen LogP contribution in [0.3, 0.4) is 0 Å². The number of carbonyl (C=O) groups excluding carboxylic acids is 1. The fourth-order valence-corrected chi connectivity index (χ4v) is 3.57. The van der Waals surface area contributed by atoms with Crippen LogP contribution in [-0.4, -0.2) is 5.91 Å².